The van der Waals surface area contributed by atoms with Crippen LogP contribution in [0, 0.1) is 5.92 Å². The first kappa shape index (κ1) is 19.8. The number of carbonyl (C=O) groups is 2. The number of urea groups is 1. The van der Waals surface area contributed by atoms with Crippen molar-refractivity contribution in [2.24, 2.45) is 10.9 Å². The predicted octanol–water partition coefficient (Wildman–Crippen LogP) is 2.34. The second-order valence-corrected chi connectivity index (χ2v) is 5.58. The minimum Gasteiger partial charge on any atom is -0.493 e. The number of methoxy groups -OCH3 is 3. The largest absolute Gasteiger partial charge is 0.493 e. The Labute approximate surface area is 156 Å². The third-order valence-electron chi connectivity index (χ3n) is 3.96. The highest BCUT2D eigenvalue weighted by Crippen LogP contribution is 2.44. The van der Waals surface area contributed by atoms with Crippen LogP contribution in [0.15, 0.2) is 17.1 Å². The Morgan fingerprint density at radius 1 is 1.19 bits per heavy atom. The molecule has 2 rings (SSSR count). The fraction of sp³-hybridized carbons (Fsp3) is 0.471. The van der Waals surface area contributed by atoms with E-state index >= 15 is 0 Å². The van der Waals surface area contributed by atoms with E-state index in [1.165, 1.54) is 21.3 Å². The number of rotatable bonds is 7. The van der Waals surface area contributed by atoms with Crippen LogP contribution in [0.25, 0.3) is 0 Å². The zero-order chi connectivity index (χ0) is 19.3. The Kier molecular flexibility index (Phi) is 6.68. The number of aliphatic imine (C=N–C) groups is 1. The van der Waals surface area contributed by atoms with Crippen LogP contribution in [0.1, 0.15) is 18.5 Å². The van der Waals surface area contributed by atoms with Gasteiger partial charge in [-0.1, -0.05) is 0 Å². The molecule has 0 spiro atoms. The quantitative estimate of drug-likeness (QED) is 0.572. The zero-order valence-electron chi connectivity index (χ0n) is 15.0. The fourth-order valence-electron chi connectivity index (χ4n) is 2.88. The van der Waals surface area contributed by atoms with Crippen LogP contribution < -0.4 is 19.5 Å². The van der Waals surface area contributed by atoms with Gasteiger partial charge in [0.1, 0.15) is 5.92 Å². The summed E-state index contributed by atoms with van der Waals surface area (Å²) in [5.74, 6) is -0.357. The molecule has 0 radical (unpaired) electrons. The lowest BCUT2D eigenvalue weighted by molar-refractivity contribution is -0.146. The Balaban J connectivity index is 2.61. The van der Waals surface area contributed by atoms with Crippen LogP contribution in [0.5, 0.6) is 17.2 Å². The first-order chi connectivity index (χ1) is 12.5. The van der Waals surface area contributed by atoms with E-state index in [1.807, 2.05) is 0 Å². The molecule has 1 heterocycles. The van der Waals surface area contributed by atoms with Crippen molar-refractivity contribution in [3.05, 3.63) is 17.7 Å². The number of alkyl halides is 1. The first-order valence-electron chi connectivity index (χ1n) is 7.91. The molecule has 2 unspecified atom stereocenters. The summed E-state index contributed by atoms with van der Waals surface area (Å²) in [5.41, 5.74) is 0.754. The monoisotopic (exact) mass is 384 g/mol. The third kappa shape index (κ3) is 3.70. The van der Waals surface area contributed by atoms with Crippen molar-refractivity contribution in [2.75, 3.05) is 33.8 Å². The van der Waals surface area contributed by atoms with Gasteiger partial charge in [0.2, 0.25) is 5.75 Å². The van der Waals surface area contributed by atoms with Gasteiger partial charge in [0.25, 0.3) is 0 Å². The molecule has 0 saturated carbocycles. The lowest BCUT2D eigenvalue weighted by Gasteiger charge is -2.31. The van der Waals surface area contributed by atoms with Crippen LogP contribution >= 0.6 is 11.6 Å². The maximum atomic E-state index is 12.5. The lowest BCUT2D eigenvalue weighted by Crippen LogP contribution is -2.45. The molecule has 26 heavy (non-hydrogen) atoms. The molecular weight excluding hydrogens is 364 g/mol. The van der Waals surface area contributed by atoms with Gasteiger partial charge in [0.15, 0.2) is 11.5 Å². The number of nitrogens with one attached hydrogen (secondary N) is 1. The van der Waals surface area contributed by atoms with Gasteiger partial charge in [-0.25, -0.2) is 9.79 Å². The van der Waals surface area contributed by atoms with Crippen LogP contribution in [0.3, 0.4) is 0 Å². The average molecular weight is 385 g/mol. The normalized spacial score (nSPS) is 19.3. The van der Waals surface area contributed by atoms with E-state index in [4.69, 9.17) is 30.5 Å². The smallest absolute Gasteiger partial charge is 0.341 e. The number of hydrogen-bond acceptors (Lipinski definition) is 6. The minimum atomic E-state index is -0.878. The van der Waals surface area contributed by atoms with E-state index in [1.54, 1.807) is 19.1 Å². The molecule has 1 N–H and O–H groups in total. The molecule has 0 saturated heterocycles. The molecule has 9 heteroatoms. The second kappa shape index (κ2) is 8.75. The Bertz CT molecular complexity index is 721. The maximum Gasteiger partial charge on any atom is 0.341 e. The molecule has 0 fully saturated rings. The van der Waals surface area contributed by atoms with Gasteiger partial charge in [-0.05, 0) is 19.1 Å². The van der Waals surface area contributed by atoms with Gasteiger partial charge in [0, 0.05) is 5.56 Å². The highest BCUT2D eigenvalue weighted by molar-refractivity contribution is 6.32. The molecule has 2 atom stereocenters. The van der Waals surface area contributed by atoms with Crippen molar-refractivity contribution in [3.8, 4) is 17.2 Å². The maximum absolute atomic E-state index is 12.5. The summed E-state index contributed by atoms with van der Waals surface area (Å²) >= 11 is 5.92. The van der Waals surface area contributed by atoms with Crippen molar-refractivity contribution in [3.63, 3.8) is 0 Å². The number of hydrogen-bond donors (Lipinski definition) is 1. The SMILES string of the molecule is CCOC(=O)C1C(CCl)=NC(=O)NC1c1ccc(OC)c(OC)c1OC. The van der Waals surface area contributed by atoms with E-state index in [9.17, 15) is 9.59 Å². The molecule has 2 amide bonds. The summed E-state index contributed by atoms with van der Waals surface area (Å²) < 4.78 is 21.3. The molecule has 8 nitrogen and oxygen atoms in total. The number of amides is 2. The van der Waals surface area contributed by atoms with Gasteiger partial charge >= 0.3 is 12.0 Å². The summed E-state index contributed by atoms with van der Waals surface area (Å²) in [6, 6.07) is 1.98. The topological polar surface area (TPSA) is 95.5 Å². The molecule has 0 aliphatic carbocycles. The third-order valence-corrected chi connectivity index (χ3v) is 4.24. The van der Waals surface area contributed by atoms with E-state index in [2.05, 4.69) is 10.3 Å². The molecule has 1 aromatic carbocycles. The number of carbonyl (C=O) groups excluding carboxylic acids is 2. The van der Waals surface area contributed by atoms with Gasteiger partial charge in [-0.3, -0.25) is 4.79 Å². The van der Waals surface area contributed by atoms with Gasteiger partial charge in [0.05, 0.1) is 45.6 Å². The Morgan fingerprint density at radius 3 is 2.42 bits per heavy atom. The van der Waals surface area contributed by atoms with Gasteiger partial charge < -0.3 is 24.3 Å². The highest BCUT2D eigenvalue weighted by atomic mass is 35.5. The predicted molar refractivity (Wildman–Crippen MR) is 95.6 cm³/mol. The summed E-state index contributed by atoms with van der Waals surface area (Å²) in [7, 11) is 4.43. The molecular formula is C17H21ClN2O6. The molecule has 0 bridgehead atoms. The lowest BCUT2D eigenvalue weighted by atomic mass is 9.87. The average Bonchev–Trinajstić information content (AvgIpc) is 2.65. The molecule has 142 valence electrons. The molecule has 1 aliphatic rings. The highest BCUT2D eigenvalue weighted by Gasteiger charge is 2.41. The number of nitrogens with zero attached hydrogens (tertiary/aromatic N) is 1. The Hall–Kier alpha value is -2.48. The van der Waals surface area contributed by atoms with Crippen LogP contribution in [0.4, 0.5) is 4.79 Å². The number of ether oxygens (including phenoxy) is 4. The summed E-state index contributed by atoms with van der Waals surface area (Å²) in [6.07, 6.45) is 0. The zero-order valence-corrected chi connectivity index (χ0v) is 15.8. The fourth-order valence-corrected chi connectivity index (χ4v) is 3.11. The first-order valence-corrected chi connectivity index (χ1v) is 8.45. The van der Waals surface area contributed by atoms with Crippen molar-refractivity contribution in [2.45, 2.75) is 13.0 Å². The van der Waals surface area contributed by atoms with E-state index in [0.29, 0.717) is 22.8 Å². The number of esters is 1. The van der Waals surface area contributed by atoms with Crippen molar-refractivity contribution >= 4 is 29.3 Å². The summed E-state index contributed by atoms with van der Waals surface area (Å²) in [5, 5.41) is 2.69. The van der Waals surface area contributed by atoms with Crippen LogP contribution in [-0.4, -0.2) is 51.5 Å². The number of benzene rings is 1. The van der Waals surface area contributed by atoms with Crippen molar-refractivity contribution < 1.29 is 28.5 Å². The van der Waals surface area contributed by atoms with Crippen molar-refractivity contribution in [1.29, 1.82) is 0 Å². The molecule has 1 aromatic rings. The standard InChI is InChI=1S/C17H21ClN2O6/c1-5-26-16(21)12-10(8-18)19-17(22)20-13(12)9-6-7-11(23-2)15(25-4)14(9)24-3/h6-7,12-13H,5,8H2,1-4H3,(H,20,22). The van der Waals surface area contributed by atoms with E-state index in [0.717, 1.165) is 0 Å². The van der Waals surface area contributed by atoms with E-state index in [-0.39, 0.29) is 18.2 Å². The van der Waals surface area contributed by atoms with Crippen LogP contribution in [0.2, 0.25) is 0 Å². The Morgan fingerprint density at radius 2 is 1.88 bits per heavy atom. The van der Waals surface area contributed by atoms with Crippen LogP contribution in [-0.2, 0) is 9.53 Å². The summed E-state index contributed by atoms with van der Waals surface area (Å²) in [6.45, 7) is 1.89. The molecule has 1 aliphatic heterocycles. The van der Waals surface area contributed by atoms with E-state index < -0.39 is 24.0 Å². The van der Waals surface area contributed by atoms with Crippen molar-refractivity contribution in [1.82, 2.24) is 5.32 Å². The second-order valence-electron chi connectivity index (χ2n) is 5.32. The van der Waals surface area contributed by atoms with Gasteiger partial charge in [-0.2, -0.15) is 0 Å². The summed E-state index contributed by atoms with van der Waals surface area (Å²) in [4.78, 5) is 28.4. The van der Waals surface area contributed by atoms with Gasteiger partial charge in [-0.15, -0.1) is 11.6 Å². The minimum absolute atomic E-state index is 0.0804. The number of halogens is 1. The molecule has 0 aromatic heterocycles.